The van der Waals surface area contributed by atoms with Crippen LogP contribution >= 0.6 is 0 Å². The van der Waals surface area contributed by atoms with E-state index in [1.165, 1.54) is 18.2 Å². The van der Waals surface area contributed by atoms with Crippen LogP contribution in [-0.4, -0.2) is 107 Å². The number of rotatable bonds is 8. The highest BCUT2D eigenvalue weighted by molar-refractivity contribution is 6.07. The van der Waals surface area contributed by atoms with Crippen molar-refractivity contribution in [2.24, 2.45) is 10.9 Å². The van der Waals surface area contributed by atoms with Gasteiger partial charge in [0.15, 0.2) is 6.04 Å². The molecule has 0 saturated carbocycles. The number of urea groups is 1. The maximum atomic E-state index is 13.4. The first-order chi connectivity index (χ1) is 21.8. The molecule has 14 heteroatoms. The molecule has 0 radical (unpaired) electrons. The van der Waals surface area contributed by atoms with Crippen LogP contribution in [0.3, 0.4) is 0 Å². The normalized spacial score (nSPS) is 21.7. The fourth-order valence-corrected chi connectivity index (χ4v) is 6.56. The van der Waals surface area contributed by atoms with Gasteiger partial charge in [0, 0.05) is 76.1 Å². The molecule has 0 bridgehead atoms. The molecular weight excluding hydrogens is 580 g/mol. The number of ether oxygens (including phenoxy) is 1. The number of carboxylic acids is 1. The molecular formula is C31H38N8O6. The first kappa shape index (κ1) is 30.3. The smallest absolute Gasteiger partial charge is 0.332 e. The van der Waals surface area contributed by atoms with E-state index < -0.39 is 18.0 Å². The third kappa shape index (κ3) is 6.55. The van der Waals surface area contributed by atoms with Gasteiger partial charge in [-0.3, -0.25) is 29.5 Å². The Morgan fingerprint density at radius 1 is 1.07 bits per heavy atom. The molecule has 0 spiro atoms. The van der Waals surface area contributed by atoms with Crippen LogP contribution in [0.2, 0.25) is 0 Å². The molecule has 1 aromatic carbocycles. The van der Waals surface area contributed by atoms with Gasteiger partial charge in [0.05, 0.1) is 30.7 Å². The van der Waals surface area contributed by atoms with Crippen molar-refractivity contribution in [3.8, 4) is 5.75 Å². The Balaban J connectivity index is 0.987. The lowest BCUT2D eigenvalue weighted by Gasteiger charge is -2.38. The number of anilines is 2. The number of carbonyl (C=O) groups excluding carboxylic acids is 3. The fourth-order valence-electron chi connectivity index (χ4n) is 6.56. The summed E-state index contributed by atoms with van der Waals surface area (Å²) in [5.41, 5.74) is 1.69. The number of nitrogens with one attached hydrogen (secondary N) is 1. The number of likely N-dealkylation sites (tertiary alicyclic amines) is 2. The van der Waals surface area contributed by atoms with Crippen molar-refractivity contribution < 1.29 is 29.0 Å². The maximum Gasteiger partial charge on any atom is 0.332 e. The van der Waals surface area contributed by atoms with Crippen molar-refractivity contribution in [3.63, 3.8) is 0 Å². The van der Waals surface area contributed by atoms with Crippen LogP contribution in [0.25, 0.3) is 0 Å². The first-order valence-corrected chi connectivity index (χ1v) is 15.4. The highest BCUT2D eigenvalue weighted by Crippen LogP contribution is 2.32. The Hall–Kier alpha value is -4.72. The minimum atomic E-state index is -0.961. The zero-order valence-electron chi connectivity index (χ0n) is 25.2. The number of hydrogen-bond donors (Lipinski definition) is 2. The van der Waals surface area contributed by atoms with Gasteiger partial charge in [0.2, 0.25) is 5.91 Å². The van der Waals surface area contributed by atoms with Gasteiger partial charge in [-0.1, -0.05) is 0 Å². The van der Waals surface area contributed by atoms with Gasteiger partial charge in [-0.05, 0) is 49.8 Å². The quantitative estimate of drug-likeness (QED) is 0.454. The van der Waals surface area contributed by atoms with Gasteiger partial charge >= 0.3 is 12.0 Å². The highest BCUT2D eigenvalue weighted by Gasteiger charge is 2.31. The van der Waals surface area contributed by atoms with Crippen molar-refractivity contribution in [1.29, 1.82) is 0 Å². The number of aliphatic imine (C=N–C) groups is 1. The maximum absolute atomic E-state index is 13.4. The van der Waals surface area contributed by atoms with Gasteiger partial charge in [0.1, 0.15) is 5.75 Å². The van der Waals surface area contributed by atoms with Crippen LogP contribution in [0.15, 0.2) is 48.0 Å². The number of piperidine rings is 2. The third-order valence-electron chi connectivity index (χ3n) is 9.10. The standard InChI is InChI=1S/C31H38N8O6/c1-45-27-3-2-22(16-25(27)38-14-8-28(40)34-31(38)44)29(41)36-12-4-21(5-13-36)19-35-10-6-23(7-11-35)39-20-24(17-33-39)37-15-9-32-18-26(37)30(42)43/h2-3,9,15-18,20-21,23,26H,4-8,10-14,19H2,1H3,(H,42,43)(H,34,40,44). The molecule has 2 N–H and O–H groups in total. The molecule has 4 aliphatic heterocycles. The van der Waals surface area contributed by atoms with Crippen molar-refractivity contribution >= 4 is 41.4 Å². The van der Waals surface area contributed by atoms with Crippen molar-refractivity contribution in [3.05, 3.63) is 48.6 Å². The summed E-state index contributed by atoms with van der Waals surface area (Å²) in [5, 5.41) is 16.4. The molecule has 3 saturated heterocycles. The lowest BCUT2D eigenvalue weighted by Crippen LogP contribution is -2.49. The Bertz CT molecular complexity index is 1500. The van der Waals surface area contributed by atoms with Crippen LogP contribution in [0.5, 0.6) is 5.75 Å². The molecule has 6 rings (SSSR count). The van der Waals surface area contributed by atoms with Gasteiger partial charge in [-0.2, -0.15) is 5.10 Å². The van der Waals surface area contributed by atoms with E-state index in [0.717, 1.165) is 51.0 Å². The summed E-state index contributed by atoms with van der Waals surface area (Å²) in [5.74, 6) is -0.388. The van der Waals surface area contributed by atoms with E-state index in [4.69, 9.17) is 4.74 Å². The molecule has 45 heavy (non-hydrogen) atoms. The SMILES string of the molecule is COc1ccc(C(=O)N2CCC(CN3CCC(n4cc(N5C=CN=CC5C(=O)O)cn4)CC3)CC2)cc1N1CCC(=O)NC1=O. The zero-order valence-corrected chi connectivity index (χ0v) is 25.2. The largest absolute Gasteiger partial charge is 0.495 e. The Kier molecular flexibility index (Phi) is 8.83. The van der Waals surface area contributed by atoms with Crippen molar-refractivity contribution in [1.82, 2.24) is 24.9 Å². The van der Waals surface area contributed by atoms with E-state index in [1.807, 2.05) is 15.8 Å². The predicted molar refractivity (Wildman–Crippen MR) is 166 cm³/mol. The first-order valence-electron chi connectivity index (χ1n) is 15.4. The molecule has 5 heterocycles. The number of aromatic nitrogens is 2. The molecule has 0 aliphatic carbocycles. The van der Waals surface area contributed by atoms with Crippen LogP contribution in [-0.2, 0) is 9.59 Å². The summed E-state index contributed by atoms with van der Waals surface area (Å²) in [6, 6.07) is 3.98. The topological polar surface area (TPSA) is 153 Å². The van der Waals surface area contributed by atoms with Crippen molar-refractivity contribution in [2.45, 2.75) is 44.2 Å². The molecule has 238 valence electrons. The summed E-state index contributed by atoms with van der Waals surface area (Å²) in [4.78, 5) is 60.6. The Morgan fingerprint density at radius 3 is 2.56 bits per heavy atom. The number of methoxy groups -OCH3 is 1. The summed E-state index contributed by atoms with van der Waals surface area (Å²) < 4.78 is 7.40. The van der Waals surface area contributed by atoms with E-state index in [0.29, 0.717) is 36.0 Å². The summed E-state index contributed by atoms with van der Waals surface area (Å²) >= 11 is 0. The predicted octanol–water partition coefficient (Wildman–Crippen LogP) is 2.34. The van der Waals surface area contributed by atoms with Gasteiger partial charge in [-0.15, -0.1) is 0 Å². The number of aliphatic carboxylic acids is 1. The minimum absolute atomic E-state index is 0.0766. The monoisotopic (exact) mass is 618 g/mol. The molecule has 1 unspecified atom stereocenters. The van der Waals surface area contributed by atoms with E-state index in [9.17, 15) is 24.3 Å². The van der Waals surface area contributed by atoms with Gasteiger partial charge in [0.25, 0.3) is 5.91 Å². The number of carbonyl (C=O) groups is 4. The summed E-state index contributed by atoms with van der Waals surface area (Å²) in [6.45, 7) is 4.47. The molecule has 2 aromatic rings. The zero-order chi connectivity index (χ0) is 31.5. The second kappa shape index (κ2) is 13.1. The van der Waals surface area contributed by atoms with Gasteiger partial charge in [-0.25, -0.2) is 9.59 Å². The number of benzene rings is 1. The lowest BCUT2D eigenvalue weighted by molar-refractivity contribution is -0.136. The second-order valence-electron chi connectivity index (χ2n) is 11.9. The number of nitrogens with zero attached hydrogens (tertiary/aromatic N) is 7. The lowest BCUT2D eigenvalue weighted by atomic mass is 9.94. The van der Waals surface area contributed by atoms with Crippen LogP contribution < -0.4 is 19.9 Å². The number of amides is 4. The van der Waals surface area contributed by atoms with E-state index in [2.05, 4.69) is 20.3 Å². The van der Waals surface area contributed by atoms with E-state index in [-0.39, 0.29) is 30.8 Å². The molecule has 14 nitrogen and oxygen atoms in total. The van der Waals surface area contributed by atoms with E-state index in [1.54, 1.807) is 41.7 Å². The Morgan fingerprint density at radius 2 is 1.84 bits per heavy atom. The molecule has 3 fully saturated rings. The van der Waals surface area contributed by atoms with Crippen LogP contribution in [0.1, 0.15) is 48.5 Å². The minimum Gasteiger partial charge on any atom is -0.495 e. The van der Waals surface area contributed by atoms with Gasteiger partial charge < -0.3 is 24.5 Å². The van der Waals surface area contributed by atoms with E-state index >= 15 is 0 Å². The van der Waals surface area contributed by atoms with Crippen molar-refractivity contribution in [2.75, 3.05) is 56.2 Å². The highest BCUT2D eigenvalue weighted by atomic mass is 16.5. The number of carboxylic acid groups (broad SMARTS) is 1. The number of hydrogen-bond acceptors (Lipinski definition) is 9. The molecule has 4 aliphatic rings. The Labute approximate surface area is 260 Å². The summed E-state index contributed by atoms with van der Waals surface area (Å²) in [6.07, 6.45) is 12.2. The fraction of sp³-hybridized carbons (Fsp3) is 0.484. The number of imide groups is 1. The second-order valence-corrected chi connectivity index (χ2v) is 11.9. The molecule has 1 aromatic heterocycles. The molecule has 1 atom stereocenters. The van der Waals surface area contributed by atoms with Crippen LogP contribution in [0, 0.1) is 5.92 Å². The van der Waals surface area contributed by atoms with Crippen LogP contribution in [0.4, 0.5) is 16.2 Å². The average molecular weight is 619 g/mol. The summed E-state index contributed by atoms with van der Waals surface area (Å²) in [7, 11) is 1.51. The average Bonchev–Trinajstić information content (AvgIpc) is 3.55. The third-order valence-corrected chi connectivity index (χ3v) is 9.10. The molecule has 4 amide bonds.